The Kier molecular flexibility index (Phi) is 5.95. The molecule has 0 fully saturated rings. The largest absolute Gasteiger partial charge is 0.389 e. The van der Waals surface area contributed by atoms with Crippen molar-refractivity contribution in [2.45, 2.75) is 25.9 Å². The zero-order valence-corrected chi connectivity index (χ0v) is 8.89. The third kappa shape index (κ3) is 7.96. The molecule has 0 rings (SSSR count). The molecule has 13 heavy (non-hydrogen) atoms. The molecule has 1 unspecified atom stereocenters. The summed E-state index contributed by atoms with van der Waals surface area (Å²) in [5, 5.41) is 12.9. The van der Waals surface area contributed by atoms with E-state index in [9.17, 15) is 5.11 Å². The van der Waals surface area contributed by atoms with Crippen LogP contribution in [0.4, 0.5) is 0 Å². The van der Waals surface area contributed by atoms with E-state index in [4.69, 9.17) is 4.74 Å². The van der Waals surface area contributed by atoms with Gasteiger partial charge in [0.1, 0.15) is 0 Å². The highest BCUT2D eigenvalue weighted by atomic mass is 16.5. The second-order valence-corrected chi connectivity index (χ2v) is 3.80. The van der Waals surface area contributed by atoms with Crippen molar-refractivity contribution < 1.29 is 9.84 Å². The van der Waals surface area contributed by atoms with Gasteiger partial charge in [0, 0.05) is 33.2 Å². The monoisotopic (exact) mass is 187 g/mol. The second kappa shape index (κ2) is 6.13. The normalized spacial score (nSPS) is 15.4. The Labute approximate surface area is 80.8 Å². The molecule has 0 bridgehead atoms. The SMILES string of the molecule is C=C(C)CNCC(C)(O)CCOC. The summed E-state index contributed by atoms with van der Waals surface area (Å²) < 4.78 is 4.90. The van der Waals surface area contributed by atoms with Gasteiger partial charge in [-0.15, -0.1) is 0 Å². The van der Waals surface area contributed by atoms with Crippen LogP contribution >= 0.6 is 0 Å². The van der Waals surface area contributed by atoms with E-state index in [2.05, 4.69) is 11.9 Å². The van der Waals surface area contributed by atoms with Crippen molar-refractivity contribution in [3.63, 3.8) is 0 Å². The topological polar surface area (TPSA) is 41.5 Å². The summed E-state index contributed by atoms with van der Waals surface area (Å²) in [6.45, 7) is 9.44. The Morgan fingerprint density at radius 3 is 2.69 bits per heavy atom. The molecule has 3 nitrogen and oxygen atoms in total. The first kappa shape index (κ1) is 12.6. The molecule has 0 radical (unpaired) electrons. The average Bonchev–Trinajstić information content (AvgIpc) is 2.00. The van der Waals surface area contributed by atoms with E-state index >= 15 is 0 Å². The minimum Gasteiger partial charge on any atom is -0.389 e. The molecule has 0 aliphatic carbocycles. The highest BCUT2D eigenvalue weighted by Gasteiger charge is 2.18. The molecule has 0 heterocycles. The molecule has 0 saturated carbocycles. The van der Waals surface area contributed by atoms with Gasteiger partial charge in [-0.1, -0.05) is 12.2 Å². The second-order valence-electron chi connectivity index (χ2n) is 3.80. The smallest absolute Gasteiger partial charge is 0.0765 e. The predicted octanol–water partition coefficient (Wildman–Crippen LogP) is 0.940. The van der Waals surface area contributed by atoms with Gasteiger partial charge < -0.3 is 15.2 Å². The zero-order chi connectivity index (χ0) is 10.3. The highest BCUT2D eigenvalue weighted by molar-refractivity contribution is 4.91. The van der Waals surface area contributed by atoms with E-state index in [1.165, 1.54) is 0 Å². The van der Waals surface area contributed by atoms with Gasteiger partial charge in [-0.05, 0) is 13.8 Å². The summed E-state index contributed by atoms with van der Waals surface area (Å²) in [6.07, 6.45) is 0.646. The third-order valence-corrected chi connectivity index (χ3v) is 1.78. The fourth-order valence-electron chi connectivity index (χ4n) is 0.956. The van der Waals surface area contributed by atoms with Gasteiger partial charge >= 0.3 is 0 Å². The summed E-state index contributed by atoms with van der Waals surface area (Å²) in [4.78, 5) is 0. The minimum atomic E-state index is -0.689. The van der Waals surface area contributed by atoms with Crippen LogP contribution in [0.2, 0.25) is 0 Å². The summed E-state index contributed by atoms with van der Waals surface area (Å²) in [5.41, 5.74) is 0.383. The number of ether oxygens (including phenoxy) is 1. The maximum absolute atomic E-state index is 9.79. The molecule has 0 amide bonds. The van der Waals surface area contributed by atoms with Gasteiger partial charge in [0.2, 0.25) is 0 Å². The fraction of sp³-hybridized carbons (Fsp3) is 0.800. The molecule has 0 aliphatic rings. The summed E-state index contributed by atoms with van der Waals surface area (Å²) in [5.74, 6) is 0. The van der Waals surface area contributed by atoms with Crippen LogP contribution in [0.1, 0.15) is 20.3 Å². The van der Waals surface area contributed by atoms with Gasteiger partial charge in [-0.25, -0.2) is 0 Å². The van der Waals surface area contributed by atoms with Crippen molar-refractivity contribution in [3.05, 3.63) is 12.2 Å². The van der Waals surface area contributed by atoms with Crippen LogP contribution in [0, 0.1) is 0 Å². The van der Waals surface area contributed by atoms with Crippen molar-refractivity contribution in [1.82, 2.24) is 5.32 Å². The van der Waals surface area contributed by atoms with E-state index in [1.807, 2.05) is 6.92 Å². The Balaban J connectivity index is 3.56. The minimum absolute atomic E-state index is 0.573. The van der Waals surface area contributed by atoms with Gasteiger partial charge in [-0.3, -0.25) is 0 Å². The quantitative estimate of drug-likeness (QED) is 0.583. The van der Waals surface area contributed by atoms with Crippen molar-refractivity contribution in [2.75, 3.05) is 26.8 Å². The molecule has 0 aromatic heterocycles. The lowest BCUT2D eigenvalue weighted by molar-refractivity contribution is 0.0256. The zero-order valence-electron chi connectivity index (χ0n) is 8.89. The summed E-state index contributed by atoms with van der Waals surface area (Å²) in [7, 11) is 1.64. The van der Waals surface area contributed by atoms with Crippen LogP contribution in [0.5, 0.6) is 0 Å². The van der Waals surface area contributed by atoms with Crippen molar-refractivity contribution in [1.29, 1.82) is 0 Å². The number of nitrogens with one attached hydrogen (secondary N) is 1. The molecule has 3 heteroatoms. The van der Waals surface area contributed by atoms with E-state index in [1.54, 1.807) is 14.0 Å². The van der Waals surface area contributed by atoms with Crippen LogP contribution in [0.15, 0.2) is 12.2 Å². The predicted molar refractivity (Wildman–Crippen MR) is 54.8 cm³/mol. The van der Waals surface area contributed by atoms with Crippen LogP contribution in [-0.2, 0) is 4.74 Å². The molecule has 2 N–H and O–H groups in total. The van der Waals surface area contributed by atoms with Gasteiger partial charge in [0.15, 0.2) is 0 Å². The summed E-state index contributed by atoms with van der Waals surface area (Å²) >= 11 is 0. The van der Waals surface area contributed by atoms with E-state index in [0.717, 1.165) is 12.1 Å². The fourth-order valence-corrected chi connectivity index (χ4v) is 0.956. The Bertz CT molecular complexity index is 155. The number of hydrogen-bond acceptors (Lipinski definition) is 3. The van der Waals surface area contributed by atoms with Crippen LogP contribution in [0.3, 0.4) is 0 Å². The van der Waals surface area contributed by atoms with E-state index in [0.29, 0.717) is 19.6 Å². The van der Waals surface area contributed by atoms with Gasteiger partial charge in [0.05, 0.1) is 5.60 Å². The molecule has 0 aromatic rings. The van der Waals surface area contributed by atoms with Crippen LogP contribution in [0.25, 0.3) is 0 Å². The Morgan fingerprint density at radius 1 is 1.62 bits per heavy atom. The average molecular weight is 187 g/mol. The van der Waals surface area contributed by atoms with E-state index < -0.39 is 5.60 Å². The molecular weight excluding hydrogens is 166 g/mol. The molecule has 0 spiro atoms. The first-order valence-electron chi connectivity index (χ1n) is 4.54. The van der Waals surface area contributed by atoms with Crippen molar-refractivity contribution in [3.8, 4) is 0 Å². The first-order chi connectivity index (χ1) is 5.98. The van der Waals surface area contributed by atoms with Crippen molar-refractivity contribution in [2.24, 2.45) is 0 Å². The lowest BCUT2D eigenvalue weighted by Gasteiger charge is -2.23. The first-order valence-corrected chi connectivity index (χ1v) is 4.54. The Morgan fingerprint density at radius 2 is 2.23 bits per heavy atom. The maximum atomic E-state index is 9.79. The maximum Gasteiger partial charge on any atom is 0.0765 e. The lowest BCUT2D eigenvalue weighted by atomic mass is 10.0. The number of methoxy groups -OCH3 is 1. The number of aliphatic hydroxyl groups is 1. The van der Waals surface area contributed by atoms with Gasteiger partial charge in [-0.2, -0.15) is 0 Å². The van der Waals surface area contributed by atoms with Gasteiger partial charge in [0.25, 0.3) is 0 Å². The summed E-state index contributed by atoms with van der Waals surface area (Å²) in [6, 6.07) is 0. The molecule has 0 aliphatic heterocycles. The van der Waals surface area contributed by atoms with Crippen molar-refractivity contribution >= 4 is 0 Å². The third-order valence-electron chi connectivity index (χ3n) is 1.78. The molecule has 1 atom stereocenters. The molecular formula is C10H21NO2. The van der Waals surface area contributed by atoms with Crippen LogP contribution < -0.4 is 5.32 Å². The number of rotatable bonds is 7. The van der Waals surface area contributed by atoms with Crippen LogP contribution in [-0.4, -0.2) is 37.5 Å². The Hall–Kier alpha value is -0.380. The molecule has 0 saturated heterocycles. The molecule has 78 valence electrons. The van der Waals surface area contributed by atoms with E-state index in [-0.39, 0.29) is 0 Å². The lowest BCUT2D eigenvalue weighted by Crippen LogP contribution is -2.39. The highest BCUT2D eigenvalue weighted by Crippen LogP contribution is 2.07. The standard InChI is InChI=1S/C10H21NO2/c1-9(2)7-11-8-10(3,12)5-6-13-4/h11-12H,1,5-8H2,2-4H3. The number of hydrogen-bond donors (Lipinski definition) is 2. The molecule has 0 aromatic carbocycles.